The van der Waals surface area contributed by atoms with E-state index in [1.807, 2.05) is 36.7 Å². The second-order valence-corrected chi connectivity index (χ2v) is 7.19. The fourth-order valence-electron chi connectivity index (χ4n) is 3.53. The van der Waals surface area contributed by atoms with Crippen LogP contribution in [0.25, 0.3) is 0 Å². The molecule has 2 N–H and O–H groups in total. The van der Waals surface area contributed by atoms with Crippen LogP contribution >= 0.6 is 24.8 Å². The number of piperidine rings is 1. The Balaban J connectivity index is 0.00000210. The monoisotopic (exact) mass is 446 g/mol. The molecule has 1 aromatic carbocycles. The Hall–Kier alpha value is -1.74. The number of likely N-dealkylation sites (N-methyl/N-ethyl adjacent to an activating group) is 1. The van der Waals surface area contributed by atoms with Gasteiger partial charge in [0, 0.05) is 6.54 Å². The van der Waals surface area contributed by atoms with Crippen LogP contribution in [0.4, 0.5) is 4.39 Å². The summed E-state index contributed by atoms with van der Waals surface area (Å²) in [4.78, 5) is 14.6. The van der Waals surface area contributed by atoms with Gasteiger partial charge in [-0.3, -0.25) is 4.79 Å². The van der Waals surface area contributed by atoms with Crippen LogP contribution in [-0.2, 0) is 0 Å². The maximum Gasteiger partial charge on any atom is 0.273 e. The van der Waals surface area contributed by atoms with Gasteiger partial charge in [-0.25, -0.2) is 9.07 Å². The van der Waals surface area contributed by atoms with Gasteiger partial charge in [0.15, 0.2) is 5.69 Å². The molecule has 162 valence electrons. The molecule has 1 unspecified atom stereocenters. The summed E-state index contributed by atoms with van der Waals surface area (Å²) >= 11 is 0. The van der Waals surface area contributed by atoms with Gasteiger partial charge in [0.05, 0.1) is 17.8 Å². The first-order valence-electron chi connectivity index (χ1n) is 9.30. The number of nitrogens with one attached hydrogen (secondary N) is 2. The summed E-state index contributed by atoms with van der Waals surface area (Å²) in [7, 11) is 3.81. The van der Waals surface area contributed by atoms with E-state index in [0.29, 0.717) is 12.2 Å². The standard InChI is InChI=1S/C19H27FN6O.2ClH/c1-13-18(23-24-26(13)16-7-9-21-10-8-16)19(27)22-12-17(25(2)3)14-5-4-6-15(20)11-14;;/h4-6,11,16-17,21H,7-10,12H2,1-3H3,(H,22,27);2*1H. The van der Waals surface area contributed by atoms with Crippen molar-refractivity contribution in [3.8, 4) is 0 Å². The zero-order chi connectivity index (χ0) is 19.4. The molecule has 29 heavy (non-hydrogen) atoms. The molecule has 0 aliphatic carbocycles. The molecule has 1 atom stereocenters. The molecule has 3 rings (SSSR count). The molecule has 7 nitrogen and oxygen atoms in total. The van der Waals surface area contributed by atoms with Gasteiger partial charge >= 0.3 is 0 Å². The van der Waals surface area contributed by atoms with E-state index in [4.69, 9.17) is 0 Å². The van der Waals surface area contributed by atoms with Gasteiger partial charge in [-0.1, -0.05) is 17.3 Å². The maximum absolute atomic E-state index is 13.6. The lowest BCUT2D eigenvalue weighted by Gasteiger charge is -2.25. The van der Waals surface area contributed by atoms with Crippen molar-refractivity contribution in [3.63, 3.8) is 0 Å². The van der Waals surface area contributed by atoms with Gasteiger partial charge in [-0.15, -0.1) is 29.9 Å². The molecule has 1 aromatic heterocycles. The quantitative estimate of drug-likeness (QED) is 0.712. The highest BCUT2D eigenvalue weighted by atomic mass is 35.5. The molecule has 2 aromatic rings. The zero-order valence-electron chi connectivity index (χ0n) is 16.9. The van der Waals surface area contributed by atoms with E-state index in [0.717, 1.165) is 37.2 Å². The Morgan fingerprint density at radius 1 is 1.34 bits per heavy atom. The average Bonchev–Trinajstić information content (AvgIpc) is 3.04. The molecule has 0 radical (unpaired) electrons. The molecule has 2 heterocycles. The summed E-state index contributed by atoms with van der Waals surface area (Å²) in [5.41, 5.74) is 1.95. The van der Waals surface area contributed by atoms with Gasteiger partial charge in [-0.2, -0.15) is 0 Å². The van der Waals surface area contributed by atoms with Gasteiger partial charge in [0.1, 0.15) is 5.82 Å². The highest BCUT2D eigenvalue weighted by molar-refractivity contribution is 5.93. The third-order valence-electron chi connectivity index (χ3n) is 5.11. The fraction of sp³-hybridized carbons (Fsp3) is 0.526. The summed E-state index contributed by atoms with van der Waals surface area (Å²) in [5.74, 6) is -0.539. The number of rotatable bonds is 6. The summed E-state index contributed by atoms with van der Waals surface area (Å²) < 4.78 is 15.4. The molecular formula is C19H29Cl2FN6O. The minimum atomic E-state index is -0.286. The first-order valence-corrected chi connectivity index (χ1v) is 9.30. The minimum Gasteiger partial charge on any atom is -0.349 e. The summed E-state index contributed by atoms with van der Waals surface area (Å²) in [6, 6.07) is 6.59. The first kappa shape index (κ1) is 25.3. The lowest BCUT2D eigenvalue weighted by molar-refractivity contribution is 0.0936. The lowest BCUT2D eigenvalue weighted by atomic mass is 10.1. The van der Waals surface area contributed by atoms with E-state index in [1.165, 1.54) is 12.1 Å². The number of aromatic nitrogens is 3. The van der Waals surface area contributed by atoms with Crippen molar-refractivity contribution < 1.29 is 9.18 Å². The van der Waals surface area contributed by atoms with E-state index >= 15 is 0 Å². The van der Waals surface area contributed by atoms with E-state index in [2.05, 4.69) is 20.9 Å². The van der Waals surface area contributed by atoms with Crippen LogP contribution < -0.4 is 10.6 Å². The number of amides is 1. The third-order valence-corrected chi connectivity index (χ3v) is 5.11. The Kier molecular flexibility index (Phi) is 9.98. The predicted molar refractivity (Wildman–Crippen MR) is 116 cm³/mol. The van der Waals surface area contributed by atoms with Crippen molar-refractivity contribution in [3.05, 3.63) is 47.0 Å². The molecule has 0 bridgehead atoms. The lowest BCUT2D eigenvalue weighted by Crippen LogP contribution is -2.35. The molecule has 1 aliphatic heterocycles. The van der Waals surface area contributed by atoms with Crippen molar-refractivity contribution in [2.24, 2.45) is 0 Å². The molecule has 0 spiro atoms. The van der Waals surface area contributed by atoms with Crippen LogP contribution in [0.15, 0.2) is 24.3 Å². The van der Waals surface area contributed by atoms with Gasteiger partial charge in [-0.05, 0) is 64.6 Å². The summed E-state index contributed by atoms with van der Waals surface area (Å²) in [5, 5.41) is 14.6. The summed E-state index contributed by atoms with van der Waals surface area (Å²) in [6.45, 7) is 4.13. The molecular weight excluding hydrogens is 418 g/mol. The van der Waals surface area contributed by atoms with Crippen molar-refractivity contribution in [2.75, 3.05) is 33.7 Å². The normalized spacial score (nSPS) is 15.3. The Morgan fingerprint density at radius 2 is 2.03 bits per heavy atom. The number of carbonyl (C=O) groups excluding carboxylic acids is 1. The maximum atomic E-state index is 13.6. The Labute approximate surface area is 183 Å². The van der Waals surface area contributed by atoms with Crippen molar-refractivity contribution in [1.29, 1.82) is 0 Å². The fourth-order valence-corrected chi connectivity index (χ4v) is 3.53. The van der Waals surface area contributed by atoms with E-state index in [1.54, 1.807) is 6.07 Å². The molecule has 1 fully saturated rings. The van der Waals surface area contributed by atoms with Crippen molar-refractivity contribution >= 4 is 30.7 Å². The average molecular weight is 447 g/mol. The topological polar surface area (TPSA) is 75.1 Å². The number of nitrogens with zero attached hydrogens (tertiary/aromatic N) is 4. The SMILES string of the molecule is Cc1c(C(=O)NCC(c2cccc(F)c2)N(C)C)nnn1C1CCNCC1.Cl.Cl. The number of halogens is 3. The van der Waals surface area contributed by atoms with Crippen molar-refractivity contribution in [1.82, 2.24) is 30.5 Å². The molecule has 0 saturated carbocycles. The minimum absolute atomic E-state index is 0. The predicted octanol–water partition coefficient (Wildman–Crippen LogP) is 2.53. The van der Waals surface area contributed by atoms with E-state index in [9.17, 15) is 9.18 Å². The smallest absolute Gasteiger partial charge is 0.273 e. The summed E-state index contributed by atoms with van der Waals surface area (Å²) in [6.07, 6.45) is 1.96. The molecule has 10 heteroatoms. The number of hydrogen-bond acceptors (Lipinski definition) is 5. The van der Waals surface area contributed by atoms with Crippen molar-refractivity contribution in [2.45, 2.75) is 31.8 Å². The third kappa shape index (κ3) is 6.12. The second-order valence-electron chi connectivity index (χ2n) is 7.19. The van der Waals surface area contributed by atoms with Crippen LogP contribution in [0.3, 0.4) is 0 Å². The van der Waals surface area contributed by atoms with Crippen LogP contribution in [0.2, 0.25) is 0 Å². The van der Waals surface area contributed by atoms with Crippen LogP contribution in [0, 0.1) is 12.7 Å². The number of hydrogen-bond donors (Lipinski definition) is 2. The highest BCUT2D eigenvalue weighted by Crippen LogP contribution is 2.21. The van der Waals surface area contributed by atoms with Gasteiger partial charge in [0.25, 0.3) is 5.91 Å². The van der Waals surface area contributed by atoms with Gasteiger partial charge in [0.2, 0.25) is 0 Å². The molecule has 1 saturated heterocycles. The van der Waals surface area contributed by atoms with Crippen LogP contribution in [0.1, 0.15) is 46.7 Å². The molecule has 1 amide bonds. The van der Waals surface area contributed by atoms with E-state index < -0.39 is 0 Å². The Morgan fingerprint density at radius 3 is 2.66 bits per heavy atom. The van der Waals surface area contributed by atoms with Crippen LogP contribution in [0.5, 0.6) is 0 Å². The van der Waals surface area contributed by atoms with Gasteiger partial charge < -0.3 is 15.5 Å². The second kappa shape index (κ2) is 11.4. The van der Waals surface area contributed by atoms with Crippen LogP contribution in [-0.4, -0.2) is 59.5 Å². The molecule has 1 aliphatic rings. The zero-order valence-corrected chi connectivity index (χ0v) is 18.5. The Bertz CT molecular complexity index is 795. The first-order chi connectivity index (χ1) is 13.0. The number of benzene rings is 1. The largest absolute Gasteiger partial charge is 0.349 e. The highest BCUT2D eigenvalue weighted by Gasteiger charge is 2.24. The number of carbonyl (C=O) groups is 1. The van der Waals surface area contributed by atoms with E-state index in [-0.39, 0.29) is 48.6 Å².